The quantitative estimate of drug-likeness (QED) is 0.825. The van der Waals surface area contributed by atoms with E-state index in [0.717, 1.165) is 18.2 Å². The molecule has 138 valence electrons. The number of hydrogen-bond donors (Lipinski definition) is 0. The van der Waals surface area contributed by atoms with Crippen molar-refractivity contribution in [3.8, 4) is 0 Å². The molecule has 3 atom stereocenters. The van der Waals surface area contributed by atoms with Gasteiger partial charge in [-0.2, -0.15) is 4.31 Å². The summed E-state index contributed by atoms with van der Waals surface area (Å²) in [4.78, 5) is 1.87. The number of fused-ring (bicyclic) bond motifs is 1. The molecule has 0 spiro atoms. The van der Waals surface area contributed by atoms with Gasteiger partial charge < -0.3 is 0 Å². The second-order valence-electron chi connectivity index (χ2n) is 7.12. The zero-order chi connectivity index (χ0) is 18.5. The topological polar surface area (TPSA) is 40.6 Å². The molecule has 0 radical (unpaired) electrons. The number of benzene rings is 2. The van der Waals surface area contributed by atoms with Gasteiger partial charge in [0.25, 0.3) is 0 Å². The van der Waals surface area contributed by atoms with Crippen molar-refractivity contribution in [2.75, 3.05) is 26.7 Å². The molecule has 0 N–H and O–H groups in total. The lowest BCUT2D eigenvalue weighted by molar-refractivity contribution is 0.260. The van der Waals surface area contributed by atoms with Crippen molar-refractivity contribution in [3.63, 3.8) is 0 Å². The third-order valence-corrected chi connectivity index (χ3v) is 7.37. The van der Waals surface area contributed by atoms with Gasteiger partial charge in [0.1, 0.15) is 16.5 Å². The molecule has 7 heteroatoms. The number of rotatable bonds is 3. The molecule has 0 aliphatic carbocycles. The van der Waals surface area contributed by atoms with Gasteiger partial charge in [0.05, 0.1) is 0 Å². The second kappa shape index (κ2) is 6.40. The van der Waals surface area contributed by atoms with Crippen molar-refractivity contribution < 1.29 is 17.2 Å². The molecular weight excluding hydrogens is 358 g/mol. The maximum Gasteiger partial charge on any atom is 0.246 e. The van der Waals surface area contributed by atoms with E-state index in [9.17, 15) is 17.2 Å². The molecule has 26 heavy (non-hydrogen) atoms. The summed E-state index contributed by atoms with van der Waals surface area (Å²) in [5.41, 5.74) is 0.852. The van der Waals surface area contributed by atoms with Crippen molar-refractivity contribution in [3.05, 3.63) is 65.7 Å². The van der Waals surface area contributed by atoms with Crippen LogP contribution in [0.5, 0.6) is 0 Å². The van der Waals surface area contributed by atoms with E-state index in [1.807, 2.05) is 13.1 Å². The summed E-state index contributed by atoms with van der Waals surface area (Å²) in [7, 11) is -1.90. The largest absolute Gasteiger partial charge is 0.299 e. The molecule has 0 aromatic heterocycles. The highest BCUT2D eigenvalue weighted by molar-refractivity contribution is 7.89. The van der Waals surface area contributed by atoms with Crippen LogP contribution in [0.2, 0.25) is 0 Å². The predicted octanol–water partition coefficient (Wildman–Crippen LogP) is 2.89. The first-order chi connectivity index (χ1) is 12.4. The first kappa shape index (κ1) is 17.6. The number of sulfonamides is 1. The smallest absolute Gasteiger partial charge is 0.246 e. The Labute approximate surface area is 152 Å². The van der Waals surface area contributed by atoms with Gasteiger partial charge in [-0.15, -0.1) is 0 Å². The Bertz CT molecular complexity index is 935. The Morgan fingerprint density at radius 1 is 1.00 bits per heavy atom. The van der Waals surface area contributed by atoms with Crippen LogP contribution in [-0.2, 0) is 10.0 Å². The fourth-order valence-corrected chi connectivity index (χ4v) is 6.00. The maximum absolute atomic E-state index is 14.0. The molecule has 0 saturated carbocycles. The summed E-state index contributed by atoms with van der Waals surface area (Å²) in [5, 5.41) is 0. The Kier molecular flexibility index (Phi) is 4.33. The van der Waals surface area contributed by atoms with Crippen molar-refractivity contribution in [1.29, 1.82) is 0 Å². The van der Waals surface area contributed by atoms with Gasteiger partial charge in [0, 0.05) is 25.7 Å². The monoisotopic (exact) mass is 378 g/mol. The van der Waals surface area contributed by atoms with Crippen LogP contribution in [0.4, 0.5) is 8.78 Å². The van der Waals surface area contributed by atoms with Gasteiger partial charge >= 0.3 is 0 Å². The van der Waals surface area contributed by atoms with Crippen LogP contribution >= 0.6 is 0 Å². The lowest BCUT2D eigenvalue weighted by atomic mass is 9.89. The van der Waals surface area contributed by atoms with Gasteiger partial charge in [-0.1, -0.05) is 24.3 Å². The highest BCUT2D eigenvalue weighted by Gasteiger charge is 2.49. The van der Waals surface area contributed by atoms with Gasteiger partial charge in [-0.3, -0.25) is 4.90 Å². The van der Waals surface area contributed by atoms with Crippen LogP contribution in [0.25, 0.3) is 0 Å². The third-order valence-electron chi connectivity index (χ3n) is 5.51. The Hall–Kier alpha value is -1.83. The molecular formula is C19H20F2N2O2S. The minimum atomic E-state index is -3.88. The lowest BCUT2D eigenvalue weighted by Gasteiger charge is -2.26. The molecule has 2 saturated heterocycles. The summed E-state index contributed by atoms with van der Waals surface area (Å²) in [6, 6.07) is 11.9. The Morgan fingerprint density at radius 2 is 1.77 bits per heavy atom. The van der Waals surface area contributed by atoms with Gasteiger partial charge in [-0.25, -0.2) is 17.2 Å². The van der Waals surface area contributed by atoms with Crippen molar-refractivity contribution in [2.24, 2.45) is 11.8 Å². The first-order valence-corrected chi connectivity index (χ1v) is 10.0. The summed E-state index contributed by atoms with van der Waals surface area (Å²) in [5.74, 6) is -0.824. The molecule has 2 aliphatic heterocycles. The van der Waals surface area contributed by atoms with Crippen LogP contribution in [0, 0.1) is 23.5 Å². The van der Waals surface area contributed by atoms with E-state index in [1.165, 1.54) is 34.6 Å². The van der Waals surface area contributed by atoms with Crippen LogP contribution in [0.3, 0.4) is 0 Å². The third kappa shape index (κ3) is 2.84. The molecule has 4 nitrogen and oxygen atoms in total. The standard InChI is InChI=1S/C19H20F2N2O2S/c1-22-10-14-11-23(26(24,25)18-8-3-2-7-17(18)21)12-16(14)19(22)13-5-4-6-15(20)9-13/h2-9,14,16,19H,10-12H2,1H3/t14-,16+,19-/m0/s1. The van der Waals surface area contributed by atoms with E-state index < -0.39 is 15.8 Å². The molecule has 2 aromatic rings. The highest BCUT2D eigenvalue weighted by Crippen LogP contribution is 2.45. The predicted molar refractivity (Wildman–Crippen MR) is 93.9 cm³/mol. The summed E-state index contributed by atoms with van der Waals surface area (Å²) >= 11 is 0. The minimum Gasteiger partial charge on any atom is -0.299 e. The zero-order valence-corrected chi connectivity index (χ0v) is 15.2. The van der Waals surface area contributed by atoms with Crippen LogP contribution in [0.15, 0.2) is 53.4 Å². The fraction of sp³-hybridized carbons (Fsp3) is 0.368. The van der Waals surface area contributed by atoms with E-state index in [1.54, 1.807) is 6.07 Å². The fourth-order valence-electron chi connectivity index (χ4n) is 4.40. The maximum atomic E-state index is 14.0. The van der Waals surface area contributed by atoms with E-state index in [2.05, 4.69) is 4.90 Å². The van der Waals surface area contributed by atoms with Crippen LogP contribution in [-0.4, -0.2) is 44.3 Å². The van der Waals surface area contributed by atoms with Crippen molar-refractivity contribution >= 4 is 10.0 Å². The van der Waals surface area contributed by atoms with Crippen LogP contribution < -0.4 is 0 Å². The molecule has 2 aromatic carbocycles. The van der Waals surface area contributed by atoms with Crippen molar-refractivity contribution in [1.82, 2.24) is 9.21 Å². The molecule has 4 rings (SSSR count). The lowest BCUT2D eigenvalue weighted by Crippen LogP contribution is -2.33. The normalized spacial score (nSPS) is 27.0. The van der Waals surface area contributed by atoms with E-state index in [4.69, 9.17) is 0 Å². The van der Waals surface area contributed by atoms with Gasteiger partial charge in [-0.05, 0) is 48.7 Å². The van der Waals surface area contributed by atoms with E-state index >= 15 is 0 Å². The highest BCUT2D eigenvalue weighted by atomic mass is 32.2. The van der Waals surface area contributed by atoms with Crippen LogP contribution in [0.1, 0.15) is 11.6 Å². The van der Waals surface area contributed by atoms with Crippen molar-refractivity contribution in [2.45, 2.75) is 10.9 Å². The van der Waals surface area contributed by atoms with Gasteiger partial charge in [0.15, 0.2) is 0 Å². The summed E-state index contributed by atoms with van der Waals surface area (Å²) in [6.45, 7) is 1.40. The Morgan fingerprint density at radius 3 is 2.50 bits per heavy atom. The van der Waals surface area contributed by atoms with E-state index in [-0.39, 0.29) is 28.6 Å². The molecule has 0 amide bonds. The molecule has 2 aliphatic rings. The molecule has 2 fully saturated rings. The average Bonchev–Trinajstić information content (AvgIpc) is 3.12. The molecule has 2 heterocycles. The number of nitrogens with zero attached hydrogens (tertiary/aromatic N) is 2. The Balaban J connectivity index is 1.63. The average molecular weight is 378 g/mol. The molecule has 0 bridgehead atoms. The summed E-state index contributed by atoms with van der Waals surface area (Å²) in [6.07, 6.45) is 0. The second-order valence-corrected chi connectivity index (χ2v) is 9.02. The number of halogens is 2. The first-order valence-electron chi connectivity index (χ1n) is 8.58. The zero-order valence-electron chi connectivity index (χ0n) is 14.3. The number of hydrogen-bond acceptors (Lipinski definition) is 3. The summed E-state index contributed by atoms with van der Waals surface area (Å²) < 4.78 is 54.8. The van der Waals surface area contributed by atoms with E-state index in [0.29, 0.717) is 13.1 Å². The minimum absolute atomic E-state index is 0.0449. The SMILES string of the molecule is CN1C[C@H]2CN(S(=O)(=O)c3ccccc3F)C[C@H]2[C@@H]1c1cccc(F)c1. The number of likely N-dealkylation sites (tertiary alicyclic amines) is 1. The molecule has 0 unspecified atom stereocenters. The van der Waals surface area contributed by atoms with Gasteiger partial charge in [0.2, 0.25) is 10.0 Å².